The molecule has 3 rings (SSSR count). The van der Waals surface area contributed by atoms with Gasteiger partial charge in [0.2, 0.25) is 15.9 Å². The predicted octanol–water partition coefficient (Wildman–Crippen LogP) is 4.69. The Labute approximate surface area is 203 Å². The summed E-state index contributed by atoms with van der Waals surface area (Å²) in [6.45, 7) is 3.18. The maximum Gasteiger partial charge on any atom is 0.223 e. The van der Waals surface area contributed by atoms with Crippen molar-refractivity contribution in [3.8, 4) is 5.75 Å². The highest BCUT2D eigenvalue weighted by atomic mass is 35.5. The van der Waals surface area contributed by atoms with E-state index in [4.69, 9.17) is 39.5 Å². The van der Waals surface area contributed by atoms with E-state index < -0.39 is 10.0 Å². The van der Waals surface area contributed by atoms with Gasteiger partial charge in [-0.2, -0.15) is 0 Å². The minimum Gasteiger partial charge on any atom is -0.492 e. The Hall–Kier alpha value is -1.51. The molecule has 174 valence electrons. The highest BCUT2D eigenvalue weighted by molar-refractivity contribution is 7.88. The van der Waals surface area contributed by atoms with Crippen molar-refractivity contribution in [3.63, 3.8) is 0 Å². The van der Waals surface area contributed by atoms with Gasteiger partial charge in [-0.15, -0.1) is 0 Å². The van der Waals surface area contributed by atoms with E-state index in [2.05, 4.69) is 5.32 Å². The van der Waals surface area contributed by atoms with E-state index >= 15 is 0 Å². The molecule has 2 aromatic carbocycles. The van der Waals surface area contributed by atoms with Gasteiger partial charge in [0.15, 0.2) is 0 Å². The smallest absolute Gasteiger partial charge is 0.223 e. The van der Waals surface area contributed by atoms with E-state index in [9.17, 15) is 13.2 Å². The third-order valence-electron chi connectivity index (χ3n) is 5.38. The molecule has 1 N–H and O–H groups in total. The molecule has 0 unspecified atom stereocenters. The highest BCUT2D eigenvalue weighted by Crippen LogP contribution is 2.26. The number of nitrogens with one attached hydrogen (secondary N) is 1. The number of amides is 1. The Balaban J connectivity index is 1.43. The first-order valence-corrected chi connectivity index (χ1v) is 13.0. The van der Waals surface area contributed by atoms with Crippen LogP contribution in [0, 0.1) is 12.8 Å². The molecule has 0 bridgehead atoms. The normalized spacial score (nSPS) is 15.5. The van der Waals surface area contributed by atoms with Crippen LogP contribution in [0.4, 0.5) is 0 Å². The van der Waals surface area contributed by atoms with Gasteiger partial charge < -0.3 is 10.1 Å². The van der Waals surface area contributed by atoms with Crippen molar-refractivity contribution < 1.29 is 17.9 Å². The van der Waals surface area contributed by atoms with Gasteiger partial charge in [0, 0.05) is 34.1 Å². The Morgan fingerprint density at radius 2 is 1.81 bits per heavy atom. The van der Waals surface area contributed by atoms with E-state index in [1.54, 1.807) is 18.2 Å². The molecule has 32 heavy (non-hydrogen) atoms. The molecule has 0 aliphatic carbocycles. The molecule has 1 heterocycles. The van der Waals surface area contributed by atoms with Crippen LogP contribution < -0.4 is 10.1 Å². The summed E-state index contributed by atoms with van der Waals surface area (Å²) in [5, 5.41) is 4.27. The number of rotatable bonds is 8. The van der Waals surface area contributed by atoms with Crippen LogP contribution in [0.2, 0.25) is 15.1 Å². The summed E-state index contributed by atoms with van der Waals surface area (Å²) in [7, 11) is -3.54. The first-order chi connectivity index (χ1) is 15.2. The molecule has 1 aliphatic heterocycles. The zero-order valence-corrected chi connectivity index (χ0v) is 20.7. The SMILES string of the molecule is Cc1ccc(OCCNC(=O)C2CCN(S(=O)(=O)Cc3ccc(Cl)cc3Cl)CC2)cc1Cl. The fourth-order valence-corrected chi connectivity index (χ4v) is 5.79. The fourth-order valence-electron chi connectivity index (χ4n) is 3.47. The van der Waals surface area contributed by atoms with Crippen LogP contribution >= 0.6 is 34.8 Å². The van der Waals surface area contributed by atoms with Crippen LogP contribution in [0.15, 0.2) is 36.4 Å². The number of ether oxygens (including phenoxy) is 1. The largest absolute Gasteiger partial charge is 0.492 e. The van der Waals surface area contributed by atoms with Crippen molar-refractivity contribution in [1.29, 1.82) is 0 Å². The van der Waals surface area contributed by atoms with Crippen LogP contribution in [0.3, 0.4) is 0 Å². The number of piperidine rings is 1. The van der Waals surface area contributed by atoms with Crippen LogP contribution in [0.1, 0.15) is 24.0 Å². The molecule has 2 aromatic rings. The van der Waals surface area contributed by atoms with E-state index in [0.29, 0.717) is 65.5 Å². The van der Waals surface area contributed by atoms with Crippen molar-refractivity contribution in [2.75, 3.05) is 26.2 Å². The summed E-state index contributed by atoms with van der Waals surface area (Å²) < 4.78 is 32.6. The molecule has 1 amide bonds. The van der Waals surface area contributed by atoms with Gasteiger partial charge in [-0.1, -0.05) is 46.9 Å². The maximum absolute atomic E-state index is 12.8. The van der Waals surface area contributed by atoms with Crippen LogP contribution in [-0.2, 0) is 20.6 Å². The van der Waals surface area contributed by atoms with Crippen LogP contribution in [0.25, 0.3) is 0 Å². The Kier molecular flexibility index (Phi) is 8.69. The molecule has 1 saturated heterocycles. The first kappa shape index (κ1) is 25.1. The van der Waals surface area contributed by atoms with Crippen LogP contribution in [-0.4, -0.2) is 44.9 Å². The molecule has 6 nitrogen and oxygen atoms in total. The molecule has 0 atom stereocenters. The summed E-state index contributed by atoms with van der Waals surface area (Å²) in [5.41, 5.74) is 1.47. The number of carbonyl (C=O) groups excluding carboxylic acids is 1. The Bertz CT molecular complexity index is 1070. The number of hydrogen-bond donors (Lipinski definition) is 1. The topological polar surface area (TPSA) is 75.7 Å². The van der Waals surface area contributed by atoms with Gasteiger partial charge in [-0.25, -0.2) is 12.7 Å². The monoisotopic (exact) mass is 518 g/mol. The third kappa shape index (κ3) is 6.75. The molecule has 1 fully saturated rings. The summed E-state index contributed by atoms with van der Waals surface area (Å²) in [6.07, 6.45) is 0.932. The van der Waals surface area contributed by atoms with E-state index in [1.807, 2.05) is 19.1 Å². The number of carbonyl (C=O) groups is 1. The molecule has 0 radical (unpaired) electrons. The average molecular weight is 520 g/mol. The fraction of sp³-hybridized carbons (Fsp3) is 0.409. The second-order valence-corrected chi connectivity index (χ2v) is 10.9. The van der Waals surface area contributed by atoms with Gasteiger partial charge in [0.25, 0.3) is 0 Å². The van der Waals surface area contributed by atoms with Crippen molar-refractivity contribution in [1.82, 2.24) is 9.62 Å². The lowest BCUT2D eigenvalue weighted by Gasteiger charge is -2.30. The number of benzene rings is 2. The summed E-state index contributed by atoms with van der Waals surface area (Å²) in [5.74, 6) is 0.136. The average Bonchev–Trinajstić information content (AvgIpc) is 2.75. The lowest BCUT2D eigenvalue weighted by molar-refractivity contribution is -0.126. The number of hydrogen-bond acceptors (Lipinski definition) is 4. The predicted molar refractivity (Wildman–Crippen MR) is 128 cm³/mol. The Morgan fingerprint density at radius 3 is 2.47 bits per heavy atom. The molecule has 10 heteroatoms. The second-order valence-electron chi connectivity index (χ2n) is 7.72. The zero-order chi connectivity index (χ0) is 23.3. The van der Waals surface area contributed by atoms with Crippen molar-refractivity contribution in [2.24, 2.45) is 5.92 Å². The molecule has 1 aliphatic rings. The number of sulfonamides is 1. The van der Waals surface area contributed by atoms with Gasteiger partial charge >= 0.3 is 0 Å². The minimum atomic E-state index is -3.54. The van der Waals surface area contributed by atoms with E-state index in [0.717, 1.165) is 5.56 Å². The van der Waals surface area contributed by atoms with E-state index in [-0.39, 0.29) is 17.6 Å². The van der Waals surface area contributed by atoms with Crippen molar-refractivity contribution in [2.45, 2.75) is 25.5 Å². The molecular formula is C22H25Cl3N2O4S. The maximum atomic E-state index is 12.8. The first-order valence-electron chi connectivity index (χ1n) is 10.2. The minimum absolute atomic E-state index is 0.0895. The number of aryl methyl sites for hydroxylation is 1. The van der Waals surface area contributed by atoms with Gasteiger partial charge in [-0.05, 0) is 55.2 Å². The standard InChI is InChI=1S/C22H25Cl3N2O4S/c1-15-2-5-19(13-20(15)24)31-11-8-26-22(28)16-6-9-27(10-7-16)32(29,30)14-17-3-4-18(23)12-21(17)25/h2-5,12-13,16H,6-11,14H2,1H3,(H,26,28). The zero-order valence-electron chi connectivity index (χ0n) is 17.6. The molecule has 0 saturated carbocycles. The van der Waals surface area contributed by atoms with Crippen molar-refractivity contribution >= 4 is 50.7 Å². The summed E-state index contributed by atoms with van der Waals surface area (Å²) in [4.78, 5) is 12.4. The number of nitrogens with zero attached hydrogens (tertiary/aromatic N) is 1. The summed E-state index contributed by atoms with van der Waals surface area (Å²) in [6, 6.07) is 10.2. The third-order valence-corrected chi connectivity index (χ3v) is 8.21. The van der Waals surface area contributed by atoms with Gasteiger partial charge in [0.1, 0.15) is 12.4 Å². The molecular weight excluding hydrogens is 495 g/mol. The quantitative estimate of drug-likeness (QED) is 0.513. The molecule has 0 spiro atoms. The van der Waals surface area contributed by atoms with Gasteiger partial charge in [0.05, 0.1) is 12.3 Å². The Morgan fingerprint density at radius 1 is 1.09 bits per heavy atom. The second kappa shape index (κ2) is 11.1. The van der Waals surface area contributed by atoms with Gasteiger partial charge in [-0.3, -0.25) is 4.79 Å². The lowest BCUT2D eigenvalue weighted by atomic mass is 9.97. The highest BCUT2D eigenvalue weighted by Gasteiger charge is 2.31. The summed E-state index contributed by atoms with van der Waals surface area (Å²) >= 11 is 18.1. The lowest BCUT2D eigenvalue weighted by Crippen LogP contribution is -2.44. The molecule has 0 aromatic heterocycles. The van der Waals surface area contributed by atoms with Crippen molar-refractivity contribution in [3.05, 3.63) is 62.6 Å². The van der Waals surface area contributed by atoms with E-state index in [1.165, 1.54) is 10.4 Å². The van der Waals surface area contributed by atoms with Crippen LogP contribution in [0.5, 0.6) is 5.75 Å². The number of halogens is 3.